The van der Waals surface area contributed by atoms with E-state index < -0.39 is 33.1 Å². The van der Waals surface area contributed by atoms with Crippen LogP contribution in [-0.4, -0.2) is 43.3 Å². The minimum atomic E-state index is -4.98. The zero-order valence-corrected chi connectivity index (χ0v) is 14.2. The molecule has 0 aliphatic carbocycles. The lowest BCUT2D eigenvalue weighted by Gasteiger charge is -2.19. The van der Waals surface area contributed by atoms with E-state index in [4.69, 9.17) is 4.74 Å². The summed E-state index contributed by atoms with van der Waals surface area (Å²) in [5, 5.41) is 0. The molecule has 2 aromatic rings. The van der Waals surface area contributed by atoms with Crippen molar-refractivity contribution in [2.75, 3.05) is 13.1 Å². The number of nitrogens with zero attached hydrogens (tertiary/aromatic N) is 2. The van der Waals surface area contributed by atoms with Gasteiger partial charge in [-0.25, -0.2) is 13.4 Å². The molecule has 26 heavy (non-hydrogen) atoms. The Morgan fingerprint density at radius 1 is 1.12 bits per heavy atom. The van der Waals surface area contributed by atoms with E-state index >= 15 is 0 Å². The first kappa shape index (κ1) is 18.5. The third kappa shape index (κ3) is 4.25. The van der Waals surface area contributed by atoms with Crippen molar-refractivity contribution in [3.63, 3.8) is 0 Å². The third-order valence-corrected chi connectivity index (χ3v) is 5.63. The number of sulfonamides is 1. The molecule has 1 saturated heterocycles. The Hall–Kier alpha value is -2.33. The smallest absolute Gasteiger partial charge is 0.473 e. The lowest BCUT2D eigenvalue weighted by Crippen LogP contribution is -2.32. The molecule has 10 heteroatoms. The Labute approximate surface area is 148 Å². The first-order valence-electron chi connectivity index (χ1n) is 7.68. The highest BCUT2D eigenvalue weighted by molar-refractivity contribution is 7.89. The van der Waals surface area contributed by atoms with Gasteiger partial charge >= 0.3 is 6.36 Å². The number of hydrogen-bond donors (Lipinski definition) is 0. The highest BCUT2D eigenvalue weighted by atomic mass is 32.2. The van der Waals surface area contributed by atoms with Gasteiger partial charge in [-0.15, -0.1) is 13.2 Å². The van der Waals surface area contributed by atoms with Crippen LogP contribution in [0.3, 0.4) is 0 Å². The molecule has 1 aliphatic heterocycles. The number of rotatable bonds is 5. The normalized spacial score (nSPS) is 18.7. The van der Waals surface area contributed by atoms with Crippen molar-refractivity contribution >= 4 is 10.0 Å². The van der Waals surface area contributed by atoms with Gasteiger partial charge in [0.2, 0.25) is 15.9 Å². The highest BCUT2D eigenvalue weighted by Crippen LogP contribution is 2.32. The molecule has 6 nitrogen and oxygen atoms in total. The van der Waals surface area contributed by atoms with Crippen LogP contribution in [0.1, 0.15) is 6.42 Å². The number of halogens is 3. The molecule has 2 heterocycles. The summed E-state index contributed by atoms with van der Waals surface area (Å²) in [5.41, 5.74) is 0. The topological polar surface area (TPSA) is 68.7 Å². The molecule has 1 fully saturated rings. The predicted molar refractivity (Wildman–Crippen MR) is 85.2 cm³/mol. The fraction of sp³-hybridized carbons (Fsp3) is 0.312. The second-order valence-electron chi connectivity index (χ2n) is 5.55. The van der Waals surface area contributed by atoms with Crippen molar-refractivity contribution in [2.45, 2.75) is 23.8 Å². The minimum absolute atomic E-state index is 0.0132. The molecule has 1 aliphatic rings. The van der Waals surface area contributed by atoms with E-state index in [1.54, 1.807) is 24.4 Å². The Kier molecular flexibility index (Phi) is 5.05. The molecule has 0 bridgehead atoms. The van der Waals surface area contributed by atoms with Gasteiger partial charge in [0.1, 0.15) is 16.7 Å². The summed E-state index contributed by atoms with van der Waals surface area (Å²) in [7, 11) is -4.16. The maximum absolute atomic E-state index is 12.7. The highest BCUT2D eigenvalue weighted by Gasteiger charge is 2.38. The van der Waals surface area contributed by atoms with Gasteiger partial charge in [-0.05, 0) is 24.6 Å². The number of para-hydroxylation sites is 1. The summed E-state index contributed by atoms with van der Waals surface area (Å²) in [5.74, 6) is -0.397. The Morgan fingerprint density at radius 2 is 1.85 bits per heavy atom. The molecule has 0 amide bonds. The van der Waals surface area contributed by atoms with Gasteiger partial charge in [-0.3, -0.25) is 0 Å². The largest absolute Gasteiger partial charge is 0.573 e. The fourth-order valence-corrected chi connectivity index (χ4v) is 4.21. The number of benzene rings is 1. The van der Waals surface area contributed by atoms with Crippen molar-refractivity contribution < 1.29 is 31.1 Å². The summed E-state index contributed by atoms with van der Waals surface area (Å²) >= 11 is 0. The monoisotopic (exact) mass is 388 g/mol. The lowest BCUT2D eigenvalue weighted by molar-refractivity contribution is -0.275. The van der Waals surface area contributed by atoms with Crippen LogP contribution in [0.15, 0.2) is 53.6 Å². The average molecular weight is 388 g/mol. The molecule has 1 aromatic heterocycles. The van der Waals surface area contributed by atoms with Crippen LogP contribution >= 0.6 is 0 Å². The van der Waals surface area contributed by atoms with E-state index in [1.807, 2.05) is 0 Å². The van der Waals surface area contributed by atoms with Crippen molar-refractivity contribution in [3.8, 4) is 11.6 Å². The first-order valence-corrected chi connectivity index (χ1v) is 9.12. The van der Waals surface area contributed by atoms with E-state index in [9.17, 15) is 21.6 Å². The Balaban J connectivity index is 1.77. The molecule has 0 radical (unpaired) electrons. The predicted octanol–water partition coefficient (Wildman–Crippen LogP) is 2.82. The molecule has 1 unspecified atom stereocenters. The number of alkyl halides is 3. The van der Waals surface area contributed by atoms with Crippen LogP contribution in [0, 0.1) is 0 Å². The SMILES string of the molecule is O=S(=O)(c1ccccc1OC(F)(F)F)N1CCC(Oc2ccccn2)C1. The van der Waals surface area contributed by atoms with Gasteiger partial charge in [-0.1, -0.05) is 18.2 Å². The Morgan fingerprint density at radius 3 is 2.54 bits per heavy atom. The maximum atomic E-state index is 12.7. The zero-order chi connectivity index (χ0) is 18.8. The molecular formula is C16H15F3N2O4S. The molecular weight excluding hydrogens is 373 g/mol. The summed E-state index contributed by atoms with van der Waals surface area (Å²) in [6, 6.07) is 9.77. The van der Waals surface area contributed by atoms with E-state index in [0.717, 1.165) is 16.4 Å². The van der Waals surface area contributed by atoms with Crippen LogP contribution < -0.4 is 9.47 Å². The van der Waals surface area contributed by atoms with Crippen LogP contribution in [-0.2, 0) is 10.0 Å². The quantitative estimate of drug-likeness (QED) is 0.788. The van der Waals surface area contributed by atoms with Crippen molar-refractivity contribution in [1.29, 1.82) is 0 Å². The molecule has 0 saturated carbocycles. The van der Waals surface area contributed by atoms with Gasteiger partial charge in [-0.2, -0.15) is 4.31 Å². The first-order chi connectivity index (χ1) is 12.3. The number of aromatic nitrogens is 1. The number of pyridine rings is 1. The van der Waals surface area contributed by atoms with Gasteiger partial charge in [0, 0.05) is 18.8 Å². The summed E-state index contributed by atoms with van der Waals surface area (Å²) < 4.78 is 73.6. The molecule has 0 N–H and O–H groups in total. The zero-order valence-electron chi connectivity index (χ0n) is 13.4. The van der Waals surface area contributed by atoms with Gasteiger partial charge in [0.25, 0.3) is 0 Å². The van der Waals surface area contributed by atoms with E-state index in [-0.39, 0.29) is 13.1 Å². The standard InChI is InChI=1S/C16H15F3N2O4S/c17-16(18,19)25-13-5-1-2-6-14(13)26(22,23)21-10-8-12(11-21)24-15-7-3-4-9-20-15/h1-7,9,12H,8,10-11H2. The van der Waals surface area contributed by atoms with Crippen molar-refractivity contribution in [3.05, 3.63) is 48.7 Å². The van der Waals surface area contributed by atoms with Crippen molar-refractivity contribution in [2.24, 2.45) is 0 Å². The second kappa shape index (κ2) is 7.12. The summed E-state index contributed by atoms with van der Waals surface area (Å²) in [6.45, 7) is 0.138. The lowest BCUT2D eigenvalue weighted by atomic mass is 10.3. The van der Waals surface area contributed by atoms with Crippen LogP contribution in [0.2, 0.25) is 0 Å². The van der Waals surface area contributed by atoms with Gasteiger partial charge in [0.15, 0.2) is 0 Å². The second-order valence-corrected chi connectivity index (χ2v) is 7.46. The molecule has 3 rings (SSSR count). The minimum Gasteiger partial charge on any atom is -0.473 e. The number of ether oxygens (including phenoxy) is 2. The number of hydrogen-bond acceptors (Lipinski definition) is 5. The van der Waals surface area contributed by atoms with Gasteiger partial charge in [0.05, 0.1) is 6.54 Å². The third-order valence-electron chi connectivity index (χ3n) is 3.73. The van der Waals surface area contributed by atoms with Gasteiger partial charge < -0.3 is 9.47 Å². The van der Waals surface area contributed by atoms with E-state index in [2.05, 4.69) is 9.72 Å². The maximum Gasteiger partial charge on any atom is 0.573 e. The average Bonchev–Trinajstić information content (AvgIpc) is 3.04. The molecule has 140 valence electrons. The fourth-order valence-electron chi connectivity index (χ4n) is 2.61. The van der Waals surface area contributed by atoms with Crippen molar-refractivity contribution in [1.82, 2.24) is 9.29 Å². The van der Waals surface area contributed by atoms with Crippen LogP contribution in [0.4, 0.5) is 13.2 Å². The summed E-state index contributed by atoms with van der Waals surface area (Å²) in [6.07, 6.45) is -3.47. The Bertz CT molecular complexity index is 859. The van der Waals surface area contributed by atoms with E-state index in [1.165, 1.54) is 12.1 Å². The van der Waals surface area contributed by atoms with E-state index in [0.29, 0.717) is 12.3 Å². The molecule has 0 spiro atoms. The molecule has 1 aromatic carbocycles. The van der Waals surface area contributed by atoms with Crippen LogP contribution in [0.25, 0.3) is 0 Å². The molecule has 1 atom stereocenters. The summed E-state index contributed by atoms with van der Waals surface area (Å²) in [4.78, 5) is 3.48. The van der Waals surface area contributed by atoms with Crippen LogP contribution in [0.5, 0.6) is 11.6 Å².